The van der Waals surface area contributed by atoms with Crippen LogP contribution in [-0.2, 0) is 9.53 Å². The molecule has 15 heavy (non-hydrogen) atoms. The number of anilines is 1. The first-order valence-electron chi connectivity index (χ1n) is 4.83. The SMILES string of the molecule is COC1CCC(=O)N1c1ccccc1Br. The Kier molecular flexibility index (Phi) is 3.07. The molecule has 4 heteroatoms. The molecule has 1 saturated heterocycles. The van der Waals surface area contributed by atoms with Crippen molar-refractivity contribution in [2.24, 2.45) is 0 Å². The van der Waals surface area contributed by atoms with Gasteiger partial charge >= 0.3 is 0 Å². The maximum Gasteiger partial charge on any atom is 0.229 e. The zero-order valence-electron chi connectivity index (χ0n) is 8.44. The van der Waals surface area contributed by atoms with Crippen molar-refractivity contribution in [2.45, 2.75) is 19.1 Å². The summed E-state index contributed by atoms with van der Waals surface area (Å²) >= 11 is 3.44. The second-order valence-corrected chi connectivity index (χ2v) is 4.30. The number of halogens is 1. The quantitative estimate of drug-likeness (QED) is 0.826. The van der Waals surface area contributed by atoms with Gasteiger partial charge in [0, 0.05) is 24.4 Å². The molecule has 1 fully saturated rings. The van der Waals surface area contributed by atoms with Crippen LogP contribution in [0.4, 0.5) is 5.69 Å². The fourth-order valence-corrected chi connectivity index (χ4v) is 2.29. The lowest BCUT2D eigenvalue weighted by Crippen LogP contribution is -2.34. The molecule has 0 aromatic heterocycles. The van der Waals surface area contributed by atoms with Crippen molar-refractivity contribution in [1.82, 2.24) is 0 Å². The highest BCUT2D eigenvalue weighted by Gasteiger charge is 2.32. The van der Waals surface area contributed by atoms with Gasteiger partial charge in [-0.1, -0.05) is 12.1 Å². The molecule has 1 aliphatic heterocycles. The summed E-state index contributed by atoms with van der Waals surface area (Å²) in [6.07, 6.45) is 1.19. The van der Waals surface area contributed by atoms with Gasteiger partial charge in [0.2, 0.25) is 5.91 Å². The Morgan fingerprint density at radius 3 is 2.87 bits per heavy atom. The van der Waals surface area contributed by atoms with Gasteiger partial charge in [-0.2, -0.15) is 0 Å². The number of hydrogen-bond acceptors (Lipinski definition) is 2. The third-order valence-electron chi connectivity index (χ3n) is 2.55. The fraction of sp³-hybridized carbons (Fsp3) is 0.364. The van der Waals surface area contributed by atoms with Gasteiger partial charge in [0.1, 0.15) is 6.23 Å². The van der Waals surface area contributed by atoms with Crippen LogP contribution in [0.25, 0.3) is 0 Å². The summed E-state index contributed by atoms with van der Waals surface area (Å²) in [7, 11) is 1.63. The zero-order valence-corrected chi connectivity index (χ0v) is 10.0. The average molecular weight is 270 g/mol. The number of para-hydroxylation sites is 1. The molecule has 80 valence electrons. The van der Waals surface area contributed by atoms with E-state index in [2.05, 4.69) is 15.9 Å². The molecule has 1 aromatic carbocycles. The third-order valence-corrected chi connectivity index (χ3v) is 3.22. The van der Waals surface area contributed by atoms with Gasteiger partial charge in [0.05, 0.1) is 5.69 Å². The standard InChI is InChI=1S/C11H12BrNO2/c1-15-11-7-6-10(14)13(11)9-5-3-2-4-8(9)12/h2-5,11H,6-7H2,1H3. The number of benzene rings is 1. The minimum absolute atomic E-state index is 0.119. The fourth-order valence-electron chi connectivity index (χ4n) is 1.82. The van der Waals surface area contributed by atoms with Crippen LogP contribution < -0.4 is 4.90 Å². The lowest BCUT2D eigenvalue weighted by Gasteiger charge is -2.24. The highest BCUT2D eigenvalue weighted by molar-refractivity contribution is 9.10. The van der Waals surface area contributed by atoms with E-state index in [1.54, 1.807) is 12.0 Å². The molecule has 1 heterocycles. The van der Waals surface area contributed by atoms with Crippen LogP contribution in [0.5, 0.6) is 0 Å². The Bertz CT molecular complexity index is 381. The first kappa shape index (κ1) is 10.6. The van der Waals surface area contributed by atoms with Crippen molar-refractivity contribution in [2.75, 3.05) is 12.0 Å². The van der Waals surface area contributed by atoms with E-state index in [4.69, 9.17) is 4.74 Å². The Labute approximate surface area is 97.2 Å². The minimum Gasteiger partial charge on any atom is -0.361 e. The number of amides is 1. The highest BCUT2D eigenvalue weighted by atomic mass is 79.9. The van der Waals surface area contributed by atoms with Crippen molar-refractivity contribution >= 4 is 27.5 Å². The molecule has 0 N–H and O–H groups in total. The minimum atomic E-state index is -0.129. The number of methoxy groups -OCH3 is 1. The molecule has 1 atom stereocenters. The number of ether oxygens (including phenoxy) is 1. The monoisotopic (exact) mass is 269 g/mol. The summed E-state index contributed by atoms with van der Waals surface area (Å²) in [5.41, 5.74) is 0.881. The summed E-state index contributed by atoms with van der Waals surface area (Å²) in [5.74, 6) is 0.119. The molecule has 0 radical (unpaired) electrons. The Balaban J connectivity index is 2.36. The molecule has 0 bridgehead atoms. The van der Waals surface area contributed by atoms with Crippen molar-refractivity contribution in [3.63, 3.8) is 0 Å². The molecule has 1 amide bonds. The van der Waals surface area contributed by atoms with Crippen LogP contribution in [0.2, 0.25) is 0 Å². The Morgan fingerprint density at radius 2 is 2.20 bits per heavy atom. The van der Waals surface area contributed by atoms with Gasteiger partial charge in [0.15, 0.2) is 0 Å². The molecule has 0 aliphatic carbocycles. The van der Waals surface area contributed by atoms with E-state index in [0.29, 0.717) is 6.42 Å². The summed E-state index contributed by atoms with van der Waals surface area (Å²) in [4.78, 5) is 13.4. The summed E-state index contributed by atoms with van der Waals surface area (Å²) in [6.45, 7) is 0. The van der Waals surface area contributed by atoms with E-state index in [1.807, 2.05) is 24.3 Å². The smallest absolute Gasteiger partial charge is 0.229 e. The average Bonchev–Trinajstić information content (AvgIpc) is 2.60. The molecule has 1 aliphatic rings. The van der Waals surface area contributed by atoms with Gasteiger partial charge < -0.3 is 4.74 Å². The summed E-state index contributed by atoms with van der Waals surface area (Å²) < 4.78 is 6.21. The second-order valence-electron chi connectivity index (χ2n) is 3.44. The summed E-state index contributed by atoms with van der Waals surface area (Å²) in [5, 5.41) is 0. The summed E-state index contributed by atoms with van der Waals surface area (Å²) in [6, 6.07) is 7.68. The molecule has 0 saturated carbocycles. The topological polar surface area (TPSA) is 29.5 Å². The van der Waals surface area contributed by atoms with Crippen LogP contribution >= 0.6 is 15.9 Å². The second kappa shape index (κ2) is 4.33. The van der Waals surface area contributed by atoms with Crippen LogP contribution in [0, 0.1) is 0 Å². The van der Waals surface area contributed by atoms with Gasteiger partial charge in [0.25, 0.3) is 0 Å². The lowest BCUT2D eigenvalue weighted by molar-refractivity contribution is -0.117. The third kappa shape index (κ3) is 1.92. The molecule has 2 rings (SSSR count). The van der Waals surface area contributed by atoms with Gasteiger partial charge in [-0.3, -0.25) is 9.69 Å². The first-order chi connectivity index (χ1) is 7.24. The highest BCUT2D eigenvalue weighted by Crippen LogP contribution is 2.32. The number of hydrogen-bond donors (Lipinski definition) is 0. The van der Waals surface area contributed by atoms with E-state index in [0.717, 1.165) is 16.6 Å². The molecular weight excluding hydrogens is 258 g/mol. The van der Waals surface area contributed by atoms with Crippen LogP contribution in [0.3, 0.4) is 0 Å². The van der Waals surface area contributed by atoms with Crippen LogP contribution in [0.1, 0.15) is 12.8 Å². The Morgan fingerprint density at radius 1 is 1.47 bits per heavy atom. The first-order valence-corrected chi connectivity index (χ1v) is 5.62. The van der Waals surface area contributed by atoms with Crippen LogP contribution in [-0.4, -0.2) is 19.2 Å². The molecular formula is C11H12BrNO2. The normalized spacial score (nSPS) is 21.1. The van der Waals surface area contributed by atoms with E-state index in [-0.39, 0.29) is 12.1 Å². The molecule has 3 nitrogen and oxygen atoms in total. The molecule has 1 aromatic rings. The predicted molar refractivity (Wildman–Crippen MR) is 61.7 cm³/mol. The maximum absolute atomic E-state index is 11.7. The van der Waals surface area contributed by atoms with E-state index in [9.17, 15) is 4.79 Å². The predicted octanol–water partition coefficient (Wildman–Crippen LogP) is 2.55. The molecule has 0 spiro atoms. The van der Waals surface area contributed by atoms with Gasteiger partial charge in [-0.05, 0) is 28.1 Å². The largest absolute Gasteiger partial charge is 0.361 e. The van der Waals surface area contributed by atoms with Gasteiger partial charge in [-0.15, -0.1) is 0 Å². The van der Waals surface area contributed by atoms with Crippen LogP contribution in [0.15, 0.2) is 28.7 Å². The number of carbonyl (C=O) groups excluding carboxylic acids is 1. The van der Waals surface area contributed by atoms with Crippen molar-refractivity contribution in [3.8, 4) is 0 Å². The zero-order chi connectivity index (χ0) is 10.8. The van der Waals surface area contributed by atoms with Crippen molar-refractivity contribution < 1.29 is 9.53 Å². The van der Waals surface area contributed by atoms with E-state index in [1.165, 1.54) is 0 Å². The van der Waals surface area contributed by atoms with E-state index >= 15 is 0 Å². The number of nitrogens with zero attached hydrogens (tertiary/aromatic N) is 1. The van der Waals surface area contributed by atoms with Gasteiger partial charge in [-0.25, -0.2) is 0 Å². The molecule has 1 unspecified atom stereocenters. The van der Waals surface area contributed by atoms with E-state index < -0.39 is 0 Å². The maximum atomic E-state index is 11.7. The number of rotatable bonds is 2. The lowest BCUT2D eigenvalue weighted by atomic mass is 10.3. The Hall–Kier alpha value is -0.870. The van der Waals surface area contributed by atoms with Crippen molar-refractivity contribution in [1.29, 1.82) is 0 Å². The number of carbonyl (C=O) groups is 1. The van der Waals surface area contributed by atoms with Crippen molar-refractivity contribution in [3.05, 3.63) is 28.7 Å².